The molecule has 0 radical (unpaired) electrons. The Bertz CT molecular complexity index is 717. The van der Waals surface area contributed by atoms with Crippen molar-refractivity contribution in [3.05, 3.63) is 36.5 Å². The minimum Gasteiger partial charge on any atom is -0.356 e. The first kappa shape index (κ1) is 18.2. The predicted octanol–water partition coefficient (Wildman–Crippen LogP) is 1.72. The van der Waals surface area contributed by atoms with Crippen molar-refractivity contribution in [3.8, 4) is 0 Å². The van der Waals surface area contributed by atoms with E-state index in [1.807, 2.05) is 4.90 Å². The molecular weight excluding hydrogens is 349 g/mol. The number of rotatable bonds is 6. The highest BCUT2D eigenvalue weighted by molar-refractivity contribution is 5.80. The Kier molecular flexibility index (Phi) is 5.38. The van der Waals surface area contributed by atoms with Crippen LogP contribution in [0.15, 0.2) is 31.0 Å². The van der Waals surface area contributed by atoms with Crippen LogP contribution < -0.4 is 10.2 Å². The van der Waals surface area contributed by atoms with E-state index in [0.717, 1.165) is 18.7 Å². The van der Waals surface area contributed by atoms with Crippen LogP contribution >= 0.6 is 0 Å². The van der Waals surface area contributed by atoms with Gasteiger partial charge in [0.15, 0.2) is 0 Å². The van der Waals surface area contributed by atoms with Gasteiger partial charge in [-0.05, 0) is 25.0 Å². The number of nitrogens with one attached hydrogen (secondary N) is 1. The maximum absolute atomic E-state index is 12.6. The molecule has 10 heteroatoms. The first-order valence-corrected chi connectivity index (χ1v) is 8.32. The minimum atomic E-state index is -4.40. The summed E-state index contributed by atoms with van der Waals surface area (Å²) in [5.41, 5.74) is -0.776. The summed E-state index contributed by atoms with van der Waals surface area (Å²) in [6.07, 6.45) is 0.899. The molecule has 1 unspecified atom stereocenters. The van der Waals surface area contributed by atoms with Crippen molar-refractivity contribution < 1.29 is 18.0 Å². The number of carbonyl (C=O) groups excluding carboxylic acids is 1. The summed E-state index contributed by atoms with van der Waals surface area (Å²) in [6.45, 7) is 2.25. The second-order valence-corrected chi connectivity index (χ2v) is 6.14. The monoisotopic (exact) mass is 368 g/mol. The van der Waals surface area contributed by atoms with Gasteiger partial charge in [0.1, 0.15) is 18.5 Å². The Balaban J connectivity index is 1.44. The number of anilines is 1. The maximum Gasteiger partial charge on any atom is 0.417 e. The molecule has 1 fully saturated rings. The van der Waals surface area contributed by atoms with E-state index >= 15 is 0 Å². The molecule has 3 rings (SSSR count). The number of nitrogens with zero attached hydrogens (tertiary/aromatic N) is 5. The molecule has 0 aliphatic carbocycles. The lowest BCUT2D eigenvalue weighted by Gasteiger charge is -2.18. The summed E-state index contributed by atoms with van der Waals surface area (Å²) in [7, 11) is 0. The van der Waals surface area contributed by atoms with E-state index in [1.54, 1.807) is 11.0 Å². The first-order chi connectivity index (χ1) is 12.4. The Hall–Kier alpha value is -2.65. The number of pyridine rings is 1. The van der Waals surface area contributed by atoms with Crippen LogP contribution in [0, 0.1) is 5.92 Å². The number of alkyl halides is 3. The van der Waals surface area contributed by atoms with E-state index in [0.29, 0.717) is 38.4 Å². The number of halogens is 3. The number of aryl methyl sites for hydroxylation is 1. The Labute approximate surface area is 148 Å². The van der Waals surface area contributed by atoms with Gasteiger partial charge < -0.3 is 10.2 Å². The van der Waals surface area contributed by atoms with Gasteiger partial charge in [0.25, 0.3) is 0 Å². The molecule has 0 saturated carbocycles. The fourth-order valence-electron chi connectivity index (χ4n) is 2.87. The molecular formula is C16H19F3N6O. The Morgan fingerprint density at radius 3 is 2.85 bits per heavy atom. The summed E-state index contributed by atoms with van der Waals surface area (Å²) in [6, 6.07) is 2.36. The molecule has 7 nitrogen and oxygen atoms in total. The molecule has 0 aromatic carbocycles. The average Bonchev–Trinajstić information content (AvgIpc) is 3.29. The third kappa shape index (κ3) is 4.50. The van der Waals surface area contributed by atoms with E-state index in [2.05, 4.69) is 20.4 Å². The van der Waals surface area contributed by atoms with E-state index in [1.165, 1.54) is 12.4 Å². The third-order valence-electron chi connectivity index (χ3n) is 4.29. The molecule has 1 saturated heterocycles. The fraction of sp³-hybridized carbons (Fsp3) is 0.500. The highest BCUT2D eigenvalue weighted by Gasteiger charge is 2.32. The summed E-state index contributed by atoms with van der Waals surface area (Å²) < 4.78 is 39.5. The molecule has 2 aromatic rings. The molecule has 1 aliphatic heterocycles. The number of aromatic nitrogens is 4. The quantitative estimate of drug-likeness (QED) is 0.786. The molecule has 2 aromatic heterocycles. The van der Waals surface area contributed by atoms with Crippen molar-refractivity contribution in [2.45, 2.75) is 25.6 Å². The third-order valence-corrected chi connectivity index (χ3v) is 4.29. The highest BCUT2D eigenvalue weighted by atomic mass is 19.4. The Morgan fingerprint density at radius 1 is 1.35 bits per heavy atom. The molecule has 1 aliphatic rings. The normalized spacial score (nSPS) is 17.5. The lowest BCUT2D eigenvalue weighted by Crippen LogP contribution is -2.33. The molecule has 1 atom stereocenters. The number of hydrogen-bond acceptors (Lipinski definition) is 5. The van der Waals surface area contributed by atoms with Crippen LogP contribution in [0.1, 0.15) is 18.4 Å². The van der Waals surface area contributed by atoms with Gasteiger partial charge >= 0.3 is 6.18 Å². The van der Waals surface area contributed by atoms with Gasteiger partial charge in [0, 0.05) is 32.4 Å². The maximum atomic E-state index is 12.6. The number of hydrogen-bond donors (Lipinski definition) is 1. The molecule has 3 heterocycles. The first-order valence-electron chi connectivity index (χ1n) is 8.32. The SMILES string of the molecule is O=C(NCCCn1cncn1)C1CCN(c2ccc(C(F)(F)F)cn2)C1. The summed E-state index contributed by atoms with van der Waals surface area (Å²) in [4.78, 5) is 21.8. The zero-order chi connectivity index (χ0) is 18.6. The summed E-state index contributed by atoms with van der Waals surface area (Å²) in [5, 5.41) is 6.88. The van der Waals surface area contributed by atoms with Crippen molar-refractivity contribution in [2.24, 2.45) is 5.92 Å². The van der Waals surface area contributed by atoms with Crippen LogP contribution in [0.5, 0.6) is 0 Å². The van der Waals surface area contributed by atoms with Gasteiger partial charge in [-0.3, -0.25) is 9.48 Å². The van der Waals surface area contributed by atoms with Crippen molar-refractivity contribution in [3.63, 3.8) is 0 Å². The fourth-order valence-corrected chi connectivity index (χ4v) is 2.87. The number of amides is 1. The van der Waals surface area contributed by atoms with Gasteiger partial charge in [0.2, 0.25) is 5.91 Å². The van der Waals surface area contributed by atoms with E-state index in [4.69, 9.17) is 0 Å². The van der Waals surface area contributed by atoms with Gasteiger partial charge in [-0.1, -0.05) is 0 Å². The zero-order valence-corrected chi connectivity index (χ0v) is 14.0. The molecule has 140 valence electrons. The van der Waals surface area contributed by atoms with Crippen molar-refractivity contribution in [1.82, 2.24) is 25.1 Å². The van der Waals surface area contributed by atoms with Crippen LogP contribution in [0.25, 0.3) is 0 Å². The largest absolute Gasteiger partial charge is 0.417 e. The average molecular weight is 368 g/mol. The second kappa shape index (κ2) is 7.71. The second-order valence-electron chi connectivity index (χ2n) is 6.14. The Morgan fingerprint density at radius 2 is 2.19 bits per heavy atom. The molecule has 26 heavy (non-hydrogen) atoms. The van der Waals surface area contributed by atoms with Gasteiger partial charge in [-0.25, -0.2) is 9.97 Å². The van der Waals surface area contributed by atoms with E-state index in [9.17, 15) is 18.0 Å². The molecule has 1 amide bonds. The standard InChI is InChI=1S/C16H19F3N6O/c17-16(18,19)13-2-3-14(22-8-13)24-7-4-12(9-24)15(26)21-5-1-6-25-11-20-10-23-25/h2-3,8,10-12H,1,4-7,9H2,(H,21,26). The van der Waals surface area contributed by atoms with Gasteiger partial charge in [-0.2, -0.15) is 18.3 Å². The predicted molar refractivity (Wildman–Crippen MR) is 87.2 cm³/mol. The highest BCUT2D eigenvalue weighted by Crippen LogP contribution is 2.30. The number of carbonyl (C=O) groups is 1. The smallest absolute Gasteiger partial charge is 0.356 e. The van der Waals surface area contributed by atoms with Crippen LogP contribution in [0.3, 0.4) is 0 Å². The summed E-state index contributed by atoms with van der Waals surface area (Å²) >= 11 is 0. The van der Waals surface area contributed by atoms with Crippen LogP contribution in [-0.2, 0) is 17.5 Å². The summed E-state index contributed by atoms with van der Waals surface area (Å²) in [5.74, 6) is 0.225. The van der Waals surface area contributed by atoms with Crippen LogP contribution in [0.2, 0.25) is 0 Å². The minimum absolute atomic E-state index is 0.0435. The zero-order valence-electron chi connectivity index (χ0n) is 14.0. The van der Waals surface area contributed by atoms with Gasteiger partial charge in [-0.15, -0.1) is 0 Å². The molecule has 0 spiro atoms. The van der Waals surface area contributed by atoms with Crippen LogP contribution in [0.4, 0.5) is 19.0 Å². The lowest BCUT2D eigenvalue weighted by atomic mass is 10.1. The molecule has 1 N–H and O–H groups in total. The van der Waals surface area contributed by atoms with Gasteiger partial charge in [0.05, 0.1) is 11.5 Å². The van der Waals surface area contributed by atoms with Crippen molar-refractivity contribution >= 4 is 11.7 Å². The topological polar surface area (TPSA) is 75.9 Å². The van der Waals surface area contributed by atoms with E-state index in [-0.39, 0.29) is 11.8 Å². The van der Waals surface area contributed by atoms with Crippen LogP contribution in [-0.4, -0.2) is 45.3 Å². The molecule has 0 bridgehead atoms. The van der Waals surface area contributed by atoms with E-state index < -0.39 is 11.7 Å². The lowest BCUT2D eigenvalue weighted by molar-refractivity contribution is -0.137. The van der Waals surface area contributed by atoms with Crippen molar-refractivity contribution in [2.75, 3.05) is 24.5 Å². The van der Waals surface area contributed by atoms with Crippen molar-refractivity contribution in [1.29, 1.82) is 0 Å².